The second-order valence-electron chi connectivity index (χ2n) is 26.2. The van der Waals surface area contributed by atoms with E-state index >= 15 is 0 Å². The molecular formula is C83H67NO. The number of rotatable bonds is 8. The first-order valence-electron chi connectivity index (χ1n) is 30.5. The molecular weight excluding hydrogens is 1030 g/mol. The Kier molecular flexibility index (Phi) is 11.3. The summed E-state index contributed by atoms with van der Waals surface area (Å²) in [4.78, 5) is 2.47. The van der Waals surface area contributed by atoms with Gasteiger partial charge in [0.05, 0.1) is 5.41 Å². The molecule has 2 nitrogen and oxygen atoms in total. The van der Waals surface area contributed by atoms with Crippen molar-refractivity contribution < 1.29 is 4.42 Å². The van der Waals surface area contributed by atoms with Gasteiger partial charge in [0.1, 0.15) is 11.2 Å². The SMILES string of the molecule is CC(C)(C)c1ccc2c(c1)C(c1ccccc1)(c1ccc(-c3cccc4c3oc3c(-c5ccc(N(c6ccc7c(c6)C(C)(C)C6=CCCC=C67)c6ccc7c(c6)C(C)(C)c6ccccc6-7)cc5)cccc34)cc1)c1cc(-c3ccccc3)ccc1-2. The quantitative estimate of drug-likeness (QED) is 0.151. The van der Waals surface area contributed by atoms with E-state index in [0.29, 0.717) is 0 Å². The van der Waals surface area contributed by atoms with Crippen molar-refractivity contribution in [2.24, 2.45) is 0 Å². The molecule has 11 aromatic carbocycles. The van der Waals surface area contributed by atoms with E-state index in [1.807, 2.05) is 0 Å². The van der Waals surface area contributed by atoms with Crippen molar-refractivity contribution in [1.29, 1.82) is 0 Å². The van der Waals surface area contributed by atoms with Gasteiger partial charge in [0.25, 0.3) is 0 Å². The number of anilines is 3. The van der Waals surface area contributed by atoms with Crippen LogP contribution >= 0.6 is 0 Å². The minimum Gasteiger partial charge on any atom is -0.455 e. The molecule has 0 N–H and O–H groups in total. The van der Waals surface area contributed by atoms with E-state index in [0.717, 1.165) is 74.1 Å². The lowest BCUT2D eigenvalue weighted by Gasteiger charge is -2.35. The standard InChI is InChI=1S/C83H67NO/c1-80(2,3)58-39-45-69-68-44-36-55(52-20-10-8-11-21-52)48-76(68)83(77(69)49-58,56-22-12-9-13-23-56)57-37-32-53(33-38-57)62-26-18-28-70-71-29-19-27-63(79(71)85-78(62)70)54-34-40-59(41-35-54)84(60-42-46-66-64-24-14-16-30-72(64)81(4,5)74(66)50-60)61-43-47-67-65-25-15-17-31-73(65)82(6,7)75(67)51-61/h8-14,16,18-51H,15,17H2,1-7H3. The predicted octanol–water partition coefficient (Wildman–Crippen LogP) is 22.4. The molecule has 1 aromatic heterocycles. The van der Waals surface area contributed by atoms with Crippen molar-refractivity contribution in [3.63, 3.8) is 0 Å². The minimum atomic E-state index is -0.569. The molecule has 0 bridgehead atoms. The van der Waals surface area contributed by atoms with Gasteiger partial charge in [-0.05, 0) is 166 Å². The zero-order valence-electron chi connectivity index (χ0n) is 49.5. The van der Waals surface area contributed by atoms with Gasteiger partial charge < -0.3 is 9.32 Å². The highest BCUT2D eigenvalue weighted by atomic mass is 16.3. The maximum atomic E-state index is 7.22. The second kappa shape index (κ2) is 18.8. The molecule has 16 rings (SSSR count). The third-order valence-corrected chi connectivity index (χ3v) is 19.8. The van der Waals surface area contributed by atoms with Crippen molar-refractivity contribution in [3.05, 3.63) is 310 Å². The Morgan fingerprint density at radius 3 is 1.52 bits per heavy atom. The molecule has 0 spiro atoms. The van der Waals surface area contributed by atoms with Gasteiger partial charge >= 0.3 is 0 Å². The number of hydrogen-bond donors (Lipinski definition) is 0. The number of hydrogen-bond acceptors (Lipinski definition) is 2. The second-order valence-corrected chi connectivity index (χ2v) is 26.2. The van der Waals surface area contributed by atoms with Crippen molar-refractivity contribution in [2.75, 3.05) is 4.90 Å². The molecule has 4 aliphatic rings. The van der Waals surface area contributed by atoms with Crippen LogP contribution in [0.1, 0.15) is 111 Å². The molecule has 0 amide bonds. The van der Waals surface area contributed by atoms with Gasteiger partial charge in [-0.1, -0.05) is 261 Å². The Labute approximate surface area is 500 Å². The van der Waals surface area contributed by atoms with Crippen LogP contribution in [0.4, 0.5) is 17.1 Å². The van der Waals surface area contributed by atoms with Gasteiger partial charge in [-0.2, -0.15) is 0 Å². The Bertz CT molecular complexity index is 4770. The summed E-state index contributed by atoms with van der Waals surface area (Å²) in [7, 11) is 0. The van der Waals surface area contributed by atoms with E-state index in [9.17, 15) is 0 Å². The Hall–Kier alpha value is -9.50. The van der Waals surface area contributed by atoms with Crippen LogP contribution in [0.2, 0.25) is 0 Å². The lowest BCUT2D eigenvalue weighted by atomic mass is 9.66. The number of fused-ring (bicyclic) bond motifs is 12. The summed E-state index contributed by atoms with van der Waals surface area (Å²) >= 11 is 0. The summed E-state index contributed by atoms with van der Waals surface area (Å²) in [5, 5.41) is 2.22. The summed E-state index contributed by atoms with van der Waals surface area (Å²) in [5.41, 5.74) is 31.2. The maximum absolute atomic E-state index is 7.22. The van der Waals surface area contributed by atoms with Crippen LogP contribution in [0.25, 0.3) is 83.1 Å². The highest BCUT2D eigenvalue weighted by Gasteiger charge is 2.47. The number of nitrogens with zero attached hydrogens (tertiary/aromatic N) is 1. The van der Waals surface area contributed by atoms with Crippen LogP contribution in [0, 0.1) is 0 Å². The van der Waals surface area contributed by atoms with E-state index in [4.69, 9.17) is 4.42 Å². The number of para-hydroxylation sites is 2. The Morgan fingerprint density at radius 1 is 0.353 bits per heavy atom. The summed E-state index contributed by atoms with van der Waals surface area (Å²) in [5.74, 6) is 0. The van der Waals surface area contributed by atoms with E-state index in [1.165, 1.54) is 94.6 Å². The zero-order valence-corrected chi connectivity index (χ0v) is 49.5. The van der Waals surface area contributed by atoms with E-state index < -0.39 is 5.41 Å². The van der Waals surface area contributed by atoms with Gasteiger partial charge in [-0.15, -0.1) is 0 Å². The highest BCUT2D eigenvalue weighted by molar-refractivity contribution is 6.13. The molecule has 1 atom stereocenters. The summed E-state index contributed by atoms with van der Waals surface area (Å²) in [6.07, 6.45) is 7.13. The van der Waals surface area contributed by atoms with Crippen molar-refractivity contribution in [3.8, 4) is 55.6 Å². The van der Waals surface area contributed by atoms with Crippen molar-refractivity contribution in [1.82, 2.24) is 0 Å². The third kappa shape index (κ3) is 7.63. The van der Waals surface area contributed by atoms with Gasteiger partial charge in [0.15, 0.2) is 0 Å². The molecule has 2 heteroatoms. The summed E-state index contributed by atoms with van der Waals surface area (Å²) in [6, 6.07) is 91.4. The van der Waals surface area contributed by atoms with Crippen molar-refractivity contribution >= 4 is 44.6 Å². The highest BCUT2D eigenvalue weighted by Crippen LogP contribution is 2.59. The fourth-order valence-corrected chi connectivity index (χ4v) is 15.4. The molecule has 0 saturated heterocycles. The molecule has 85 heavy (non-hydrogen) atoms. The van der Waals surface area contributed by atoms with Crippen LogP contribution in [0.5, 0.6) is 0 Å². The third-order valence-electron chi connectivity index (χ3n) is 19.8. The fourth-order valence-electron chi connectivity index (χ4n) is 15.4. The fraction of sp³-hybridized carbons (Fsp3) is 0.157. The van der Waals surface area contributed by atoms with Gasteiger partial charge in [0.2, 0.25) is 0 Å². The normalized spacial score (nSPS) is 16.7. The molecule has 0 saturated carbocycles. The molecule has 1 unspecified atom stereocenters. The number of furan rings is 1. The summed E-state index contributed by atoms with van der Waals surface area (Å²) in [6.45, 7) is 16.5. The Balaban J connectivity index is 0.798. The Morgan fingerprint density at radius 2 is 0.847 bits per heavy atom. The predicted molar refractivity (Wildman–Crippen MR) is 357 cm³/mol. The average molecular weight is 1090 g/mol. The smallest absolute Gasteiger partial charge is 0.143 e. The molecule has 1 heterocycles. The first-order valence-corrected chi connectivity index (χ1v) is 30.5. The largest absolute Gasteiger partial charge is 0.455 e. The molecule has 0 fully saturated rings. The molecule has 0 radical (unpaired) electrons. The lowest BCUT2D eigenvalue weighted by molar-refractivity contribution is 0.588. The van der Waals surface area contributed by atoms with Gasteiger partial charge in [-0.25, -0.2) is 0 Å². The van der Waals surface area contributed by atoms with Crippen LogP contribution in [0.15, 0.2) is 265 Å². The first-order chi connectivity index (χ1) is 41.3. The van der Waals surface area contributed by atoms with Gasteiger partial charge in [0, 0.05) is 49.8 Å². The monoisotopic (exact) mass is 1090 g/mol. The van der Waals surface area contributed by atoms with E-state index in [1.54, 1.807) is 0 Å². The number of benzene rings is 11. The van der Waals surface area contributed by atoms with E-state index in [-0.39, 0.29) is 16.2 Å². The van der Waals surface area contributed by atoms with Crippen LogP contribution < -0.4 is 4.90 Å². The van der Waals surface area contributed by atoms with Crippen LogP contribution in [-0.2, 0) is 21.7 Å². The van der Waals surface area contributed by atoms with E-state index in [2.05, 4.69) is 308 Å². The zero-order chi connectivity index (χ0) is 57.6. The minimum absolute atomic E-state index is 0.0352. The average Bonchev–Trinajstić information content (AvgIpc) is 1.68. The van der Waals surface area contributed by atoms with Crippen LogP contribution in [-0.4, -0.2) is 0 Å². The summed E-state index contributed by atoms with van der Waals surface area (Å²) < 4.78 is 7.22. The number of allylic oxidation sites excluding steroid dienone is 4. The topological polar surface area (TPSA) is 16.4 Å². The molecule has 4 aliphatic carbocycles. The molecule has 410 valence electrons. The van der Waals surface area contributed by atoms with Gasteiger partial charge in [-0.3, -0.25) is 0 Å². The van der Waals surface area contributed by atoms with Crippen molar-refractivity contribution in [2.45, 2.75) is 83.0 Å². The molecule has 0 aliphatic heterocycles. The lowest BCUT2D eigenvalue weighted by Crippen LogP contribution is -2.29. The molecule has 12 aromatic rings. The maximum Gasteiger partial charge on any atom is 0.143 e. The van der Waals surface area contributed by atoms with Crippen LogP contribution in [0.3, 0.4) is 0 Å². The first kappa shape index (κ1) is 51.2.